The number of nitrogens with one attached hydrogen (secondary N) is 1. The summed E-state index contributed by atoms with van der Waals surface area (Å²) >= 11 is 0. The summed E-state index contributed by atoms with van der Waals surface area (Å²) in [5, 5.41) is 4.72. The summed E-state index contributed by atoms with van der Waals surface area (Å²) in [5.74, 6) is -0.0269. The fourth-order valence-corrected chi connectivity index (χ4v) is 1.98. The molecule has 1 atom stereocenters. The standard InChI is InChI=1S/C15H20N2O2/c1-3-10-16-15(18)13-6-8-14(9-7-13)17-12(2)5-4-11-19-17/h4-9,12H,3,10-11H2,1-2H3,(H,16,18). The zero-order valence-corrected chi connectivity index (χ0v) is 11.4. The first-order chi connectivity index (χ1) is 9.22. The maximum Gasteiger partial charge on any atom is 0.251 e. The smallest absolute Gasteiger partial charge is 0.251 e. The van der Waals surface area contributed by atoms with E-state index in [4.69, 9.17) is 4.84 Å². The molecular weight excluding hydrogens is 240 g/mol. The fraction of sp³-hybridized carbons (Fsp3) is 0.400. The third-order valence-electron chi connectivity index (χ3n) is 3.01. The van der Waals surface area contributed by atoms with Gasteiger partial charge in [0.2, 0.25) is 0 Å². The molecule has 1 aliphatic heterocycles. The minimum absolute atomic E-state index is 0.0269. The molecule has 1 aromatic rings. The second kappa shape index (κ2) is 6.38. The van der Waals surface area contributed by atoms with Gasteiger partial charge in [-0.2, -0.15) is 0 Å². The Kier molecular flexibility index (Phi) is 4.58. The van der Waals surface area contributed by atoms with E-state index >= 15 is 0 Å². The van der Waals surface area contributed by atoms with Crippen LogP contribution in [-0.4, -0.2) is 25.1 Å². The lowest BCUT2D eigenvalue weighted by atomic mass is 10.1. The molecule has 1 aliphatic rings. The van der Waals surface area contributed by atoms with E-state index in [2.05, 4.69) is 18.3 Å². The normalized spacial score (nSPS) is 18.4. The van der Waals surface area contributed by atoms with Crippen molar-refractivity contribution >= 4 is 11.6 Å². The molecular formula is C15H20N2O2. The highest BCUT2D eigenvalue weighted by Gasteiger charge is 2.16. The van der Waals surface area contributed by atoms with Crippen LogP contribution in [0.2, 0.25) is 0 Å². The van der Waals surface area contributed by atoms with Gasteiger partial charge in [0.1, 0.15) is 0 Å². The summed E-state index contributed by atoms with van der Waals surface area (Å²) in [6.07, 6.45) is 5.05. The van der Waals surface area contributed by atoms with E-state index in [1.807, 2.05) is 42.3 Å². The number of nitrogens with zero attached hydrogens (tertiary/aromatic N) is 1. The van der Waals surface area contributed by atoms with Gasteiger partial charge in [0.25, 0.3) is 5.91 Å². The molecule has 4 heteroatoms. The van der Waals surface area contributed by atoms with Crippen LogP contribution >= 0.6 is 0 Å². The van der Waals surface area contributed by atoms with Crippen LogP contribution in [-0.2, 0) is 4.84 Å². The highest BCUT2D eigenvalue weighted by atomic mass is 16.7. The van der Waals surface area contributed by atoms with Crippen LogP contribution in [0.25, 0.3) is 0 Å². The minimum Gasteiger partial charge on any atom is -0.352 e. The molecule has 0 fully saturated rings. The average molecular weight is 260 g/mol. The van der Waals surface area contributed by atoms with Crippen molar-refractivity contribution in [3.05, 3.63) is 42.0 Å². The maximum atomic E-state index is 11.8. The van der Waals surface area contributed by atoms with Gasteiger partial charge in [-0.3, -0.25) is 9.63 Å². The quantitative estimate of drug-likeness (QED) is 0.846. The largest absolute Gasteiger partial charge is 0.352 e. The number of rotatable bonds is 4. The molecule has 1 N–H and O–H groups in total. The summed E-state index contributed by atoms with van der Waals surface area (Å²) in [4.78, 5) is 17.4. The van der Waals surface area contributed by atoms with Crippen molar-refractivity contribution in [2.45, 2.75) is 26.3 Å². The van der Waals surface area contributed by atoms with Gasteiger partial charge in [-0.1, -0.05) is 19.1 Å². The second-order valence-electron chi connectivity index (χ2n) is 4.59. The first-order valence-electron chi connectivity index (χ1n) is 6.69. The third kappa shape index (κ3) is 3.35. The first kappa shape index (κ1) is 13.6. The molecule has 0 radical (unpaired) electrons. The molecule has 19 heavy (non-hydrogen) atoms. The molecule has 0 saturated carbocycles. The number of carbonyl (C=O) groups is 1. The SMILES string of the molecule is CCCNC(=O)c1ccc(N2OCC=CC2C)cc1. The Hall–Kier alpha value is -1.81. The number of anilines is 1. The predicted octanol–water partition coefficient (Wildman–Crippen LogP) is 2.52. The van der Waals surface area contributed by atoms with E-state index in [1.165, 1.54) is 0 Å². The maximum absolute atomic E-state index is 11.8. The molecule has 1 aromatic carbocycles. The number of hydroxylamine groups is 1. The lowest BCUT2D eigenvalue weighted by Crippen LogP contribution is -2.34. The Bertz CT molecular complexity index is 454. The molecule has 1 unspecified atom stereocenters. The summed E-state index contributed by atoms with van der Waals surface area (Å²) < 4.78 is 0. The van der Waals surface area contributed by atoms with Crippen LogP contribution in [0, 0.1) is 0 Å². The van der Waals surface area contributed by atoms with Crippen molar-refractivity contribution in [1.29, 1.82) is 0 Å². The summed E-state index contributed by atoms with van der Waals surface area (Å²) in [6.45, 7) is 5.39. The first-order valence-corrected chi connectivity index (χ1v) is 6.69. The van der Waals surface area contributed by atoms with Crippen molar-refractivity contribution < 1.29 is 9.63 Å². The number of amides is 1. The van der Waals surface area contributed by atoms with Crippen LogP contribution in [0.3, 0.4) is 0 Å². The molecule has 0 saturated heterocycles. The monoisotopic (exact) mass is 260 g/mol. The Morgan fingerprint density at radius 1 is 1.42 bits per heavy atom. The Morgan fingerprint density at radius 2 is 2.16 bits per heavy atom. The Balaban J connectivity index is 2.05. The van der Waals surface area contributed by atoms with Crippen LogP contribution in [0.1, 0.15) is 30.6 Å². The van der Waals surface area contributed by atoms with Gasteiger partial charge in [-0.15, -0.1) is 0 Å². The third-order valence-corrected chi connectivity index (χ3v) is 3.01. The molecule has 0 aliphatic carbocycles. The van der Waals surface area contributed by atoms with Crippen molar-refractivity contribution in [2.75, 3.05) is 18.2 Å². The lowest BCUT2D eigenvalue weighted by Gasteiger charge is -2.30. The van der Waals surface area contributed by atoms with Gasteiger partial charge < -0.3 is 5.32 Å². The molecule has 1 amide bonds. The number of hydrogen-bond donors (Lipinski definition) is 1. The van der Waals surface area contributed by atoms with E-state index in [0.29, 0.717) is 18.7 Å². The van der Waals surface area contributed by atoms with E-state index in [0.717, 1.165) is 12.1 Å². The fourth-order valence-electron chi connectivity index (χ4n) is 1.98. The molecule has 4 nitrogen and oxygen atoms in total. The van der Waals surface area contributed by atoms with Crippen LogP contribution in [0.15, 0.2) is 36.4 Å². The zero-order valence-electron chi connectivity index (χ0n) is 11.4. The zero-order chi connectivity index (χ0) is 13.7. The highest BCUT2D eigenvalue weighted by Crippen LogP contribution is 2.21. The lowest BCUT2D eigenvalue weighted by molar-refractivity contribution is 0.0953. The minimum atomic E-state index is -0.0269. The molecule has 0 bridgehead atoms. The van der Waals surface area contributed by atoms with Gasteiger partial charge in [0.05, 0.1) is 18.3 Å². The van der Waals surface area contributed by atoms with Gasteiger partial charge in [-0.05, 0) is 37.6 Å². The van der Waals surface area contributed by atoms with Crippen molar-refractivity contribution in [1.82, 2.24) is 5.32 Å². The van der Waals surface area contributed by atoms with Gasteiger partial charge in [0, 0.05) is 12.1 Å². The highest BCUT2D eigenvalue weighted by molar-refractivity contribution is 5.94. The number of benzene rings is 1. The summed E-state index contributed by atoms with van der Waals surface area (Å²) in [6, 6.07) is 7.68. The molecule has 2 rings (SSSR count). The van der Waals surface area contributed by atoms with Crippen LogP contribution in [0.4, 0.5) is 5.69 Å². The topological polar surface area (TPSA) is 41.6 Å². The Morgan fingerprint density at radius 3 is 2.79 bits per heavy atom. The van der Waals surface area contributed by atoms with Gasteiger partial charge in [0.15, 0.2) is 0 Å². The van der Waals surface area contributed by atoms with E-state index in [1.54, 1.807) is 0 Å². The number of carbonyl (C=O) groups excluding carboxylic acids is 1. The van der Waals surface area contributed by atoms with E-state index in [-0.39, 0.29) is 11.9 Å². The van der Waals surface area contributed by atoms with Crippen molar-refractivity contribution in [2.24, 2.45) is 0 Å². The van der Waals surface area contributed by atoms with Gasteiger partial charge in [-0.25, -0.2) is 5.06 Å². The van der Waals surface area contributed by atoms with Crippen LogP contribution < -0.4 is 10.4 Å². The molecule has 0 aromatic heterocycles. The van der Waals surface area contributed by atoms with Gasteiger partial charge >= 0.3 is 0 Å². The van der Waals surface area contributed by atoms with Crippen LogP contribution in [0.5, 0.6) is 0 Å². The predicted molar refractivity (Wildman–Crippen MR) is 76.1 cm³/mol. The Labute approximate surface area is 114 Å². The second-order valence-corrected chi connectivity index (χ2v) is 4.59. The van der Waals surface area contributed by atoms with Crippen molar-refractivity contribution in [3.8, 4) is 0 Å². The van der Waals surface area contributed by atoms with E-state index < -0.39 is 0 Å². The number of hydrogen-bond acceptors (Lipinski definition) is 3. The van der Waals surface area contributed by atoms with E-state index in [9.17, 15) is 4.79 Å². The molecule has 102 valence electrons. The average Bonchev–Trinajstić information content (AvgIpc) is 2.45. The molecule has 1 heterocycles. The van der Waals surface area contributed by atoms with Crippen molar-refractivity contribution in [3.63, 3.8) is 0 Å². The summed E-state index contributed by atoms with van der Waals surface area (Å²) in [5.41, 5.74) is 1.64. The summed E-state index contributed by atoms with van der Waals surface area (Å²) in [7, 11) is 0. The molecule has 0 spiro atoms.